The Labute approximate surface area is 156 Å². The zero-order chi connectivity index (χ0) is 17.9. The predicted octanol–water partition coefficient (Wildman–Crippen LogP) is 3.14. The molecule has 0 aromatic carbocycles. The highest BCUT2D eigenvalue weighted by Crippen LogP contribution is 2.32. The SMILES string of the molecule is Cc1nc(Nc2nnc(C)s2)cc(C2CCCCN2Cc2ncc[nH]2)n1. The van der Waals surface area contributed by atoms with Crippen LogP contribution in [0.5, 0.6) is 0 Å². The molecule has 3 aromatic rings. The number of piperidine rings is 1. The number of aromatic nitrogens is 6. The van der Waals surface area contributed by atoms with Crippen molar-refractivity contribution >= 4 is 22.3 Å². The molecular weight excluding hydrogens is 348 g/mol. The second-order valence-corrected chi connectivity index (χ2v) is 7.68. The van der Waals surface area contributed by atoms with E-state index in [9.17, 15) is 0 Å². The summed E-state index contributed by atoms with van der Waals surface area (Å²) in [6.45, 7) is 5.72. The zero-order valence-electron chi connectivity index (χ0n) is 14.9. The summed E-state index contributed by atoms with van der Waals surface area (Å²) in [5.41, 5.74) is 1.05. The molecule has 2 N–H and O–H groups in total. The third-order valence-corrected chi connectivity index (χ3v) is 5.24. The normalized spacial score (nSPS) is 18.2. The Hall–Kier alpha value is -2.39. The van der Waals surface area contributed by atoms with Crippen molar-refractivity contribution in [2.24, 2.45) is 0 Å². The lowest BCUT2D eigenvalue weighted by molar-refractivity contribution is 0.134. The Balaban J connectivity index is 1.58. The number of hydrogen-bond donors (Lipinski definition) is 2. The van der Waals surface area contributed by atoms with Crippen LogP contribution in [0.4, 0.5) is 10.9 Å². The molecule has 0 bridgehead atoms. The molecule has 0 saturated carbocycles. The van der Waals surface area contributed by atoms with Crippen molar-refractivity contribution < 1.29 is 0 Å². The lowest BCUT2D eigenvalue weighted by Crippen LogP contribution is -2.34. The summed E-state index contributed by atoms with van der Waals surface area (Å²) < 4.78 is 0. The second kappa shape index (κ2) is 7.46. The molecule has 1 aliphatic heterocycles. The van der Waals surface area contributed by atoms with Crippen molar-refractivity contribution in [2.75, 3.05) is 11.9 Å². The van der Waals surface area contributed by atoms with Gasteiger partial charge in [-0.1, -0.05) is 17.8 Å². The fourth-order valence-electron chi connectivity index (χ4n) is 3.37. The summed E-state index contributed by atoms with van der Waals surface area (Å²) >= 11 is 1.52. The number of nitrogens with zero attached hydrogens (tertiary/aromatic N) is 6. The maximum absolute atomic E-state index is 4.73. The van der Waals surface area contributed by atoms with Gasteiger partial charge in [-0.25, -0.2) is 15.0 Å². The first-order valence-corrected chi connectivity index (χ1v) is 9.64. The average molecular weight is 370 g/mol. The fourth-order valence-corrected chi connectivity index (χ4v) is 3.97. The molecular formula is C17H22N8S. The molecule has 8 nitrogen and oxygen atoms in total. The highest BCUT2D eigenvalue weighted by Gasteiger charge is 2.26. The third-order valence-electron chi connectivity index (χ3n) is 4.48. The minimum absolute atomic E-state index is 0.271. The molecule has 0 amide bonds. The van der Waals surface area contributed by atoms with Crippen LogP contribution in [-0.4, -0.2) is 41.6 Å². The van der Waals surface area contributed by atoms with E-state index in [0.29, 0.717) is 0 Å². The summed E-state index contributed by atoms with van der Waals surface area (Å²) in [7, 11) is 0. The van der Waals surface area contributed by atoms with Crippen LogP contribution < -0.4 is 5.32 Å². The number of imidazole rings is 1. The molecule has 0 spiro atoms. The molecule has 0 radical (unpaired) electrons. The minimum Gasteiger partial charge on any atom is -0.348 e. The van der Waals surface area contributed by atoms with E-state index in [-0.39, 0.29) is 6.04 Å². The maximum atomic E-state index is 4.73. The predicted molar refractivity (Wildman–Crippen MR) is 100 cm³/mol. The Kier molecular flexibility index (Phi) is 4.89. The van der Waals surface area contributed by atoms with Gasteiger partial charge in [-0.3, -0.25) is 4.90 Å². The summed E-state index contributed by atoms with van der Waals surface area (Å²) in [6, 6.07) is 2.31. The molecule has 4 rings (SSSR count). The van der Waals surface area contributed by atoms with E-state index < -0.39 is 0 Å². The van der Waals surface area contributed by atoms with Crippen molar-refractivity contribution in [3.8, 4) is 0 Å². The van der Waals surface area contributed by atoms with Crippen LogP contribution in [0.2, 0.25) is 0 Å². The van der Waals surface area contributed by atoms with Crippen LogP contribution in [0, 0.1) is 13.8 Å². The van der Waals surface area contributed by atoms with Gasteiger partial charge in [-0.05, 0) is 33.2 Å². The highest BCUT2D eigenvalue weighted by molar-refractivity contribution is 7.15. The first-order valence-electron chi connectivity index (χ1n) is 8.82. The van der Waals surface area contributed by atoms with Gasteiger partial charge in [0, 0.05) is 18.5 Å². The van der Waals surface area contributed by atoms with E-state index >= 15 is 0 Å². The van der Waals surface area contributed by atoms with Crippen LogP contribution in [0.3, 0.4) is 0 Å². The lowest BCUT2D eigenvalue weighted by atomic mass is 9.99. The standard InChI is InChI=1S/C17H22N8S/c1-11-20-13(9-15(21-11)22-17-24-23-12(2)26-17)14-5-3-4-8-25(14)10-16-18-6-7-19-16/h6-7,9,14H,3-5,8,10H2,1-2H3,(H,18,19)(H,20,21,22,24). The molecule has 136 valence electrons. The average Bonchev–Trinajstić information content (AvgIpc) is 3.27. The largest absolute Gasteiger partial charge is 0.348 e. The number of aryl methyl sites for hydroxylation is 2. The lowest BCUT2D eigenvalue weighted by Gasteiger charge is -2.34. The highest BCUT2D eigenvalue weighted by atomic mass is 32.1. The van der Waals surface area contributed by atoms with Gasteiger partial charge < -0.3 is 10.3 Å². The zero-order valence-corrected chi connectivity index (χ0v) is 15.8. The first-order chi connectivity index (χ1) is 12.7. The van der Waals surface area contributed by atoms with Crippen LogP contribution in [0.15, 0.2) is 18.5 Å². The van der Waals surface area contributed by atoms with Crippen molar-refractivity contribution in [2.45, 2.75) is 45.7 Å². The Morgan fingerprint density at radius 3 is 2.96 bits per heavy atom. The Morgan fingerprint density at radius 2 is 2.19 bits per heavy atom. The molecule has 9 heteroatoms. The molecule has 1 saturated heterocycles. The number of rotatable bonds is 5. The smallest absolute Gasteiger partial charge is 0.211 e. The maximum Gasteiger partial charge on any atom is 0.211 e. The number of anilines is 2. The monoisotopic (exact) mass is 370 g/mol. The Morgan fingerprint density at radius 1 is 1.27 bits per heavy atom. The van der Waals surface area contributed by atoms with E-state index in [1.165, 1.54) is 24.2 Å². The van der Waals surface area contributed by atoms with Gasteiger partial charge in [0.05, 0.1) is 18.3 Å². The van der Waals surface area contributed by atoms with E-state index in [1.807, 2.05) is 26.1 Å². The summed E-state index contributed by atoms with van der Waals surface area (Å²) in [4.78, 5) is 19.3. The summed E-state index contributed by atoms with van der Waals surface area (Å²) in [5, 5.41) is 13.1. The topological polar surface area (TPSA) is 95.5 Å². The summed E-state index contributed by atoms with van der Waals surface area (Å²) in [5.74, 6) is 2.52. The van der Waals surface area contributed by atoms with E-state index in [0.717, 1.165) is 52.8 Å². The number of likely N-dealkylation sites (tertiary alicyclic amines) is 1. The molecule has 1 atom stereocenters. The first kappa shape index (κ1) is 17.0. The molecule has 26 heavy (non-hydrogen) atoms. The number of nitrogens with one attached hydrogen (secondary N) is 2. The van der Waals surface area contributed by atoms with Crippen molar-refractivity contribution in [1.82, 2.24) is 35.0 Å². The minimum atomic E-state index is 0.271. The van der Waals surface area contributed by atoms with Crippen LogP contribution in [0.1, 0.15) is 47.7 Å². The molecule has 1 aliphatic rings. The summed E-state index contributed by atoms with van der Waals surface area (Å²) in [6.07, 6.45) is 7.18. The fraction of sp³-hybridized carbons (Fsp3) is 0.471. The molecule has 3 aromatic heterocycles. The van der Waals surface area contributed by atoms with Crippen molar-refractivity contribution in [1.29, 1.82) is 0 Å². The number of hydrogen-bond acceptors (Lipinski definition) is 8. The van der Waals surface area contributed by atoms with Gasteiger partial charge in [-0.15, -0.1) is 10.2 Å². The van der Waals surface area contributed by atoms with Gasteiger partial charge in [0.15, 0.2) is 0 Å². The van der Waals surface area contributed by atoms with Gasteiger partial charge in [0.25, 0.3) is 0 Å². The van der Waals surface area contributed by atoms with Gasteiger partial charge in [0.1, 0.15) is 22.5 Å². The molecule has 4 heterocycles. The van der Waals surface area contributed by atoms with Crippen molar-refractivity contribution in [3.63, 3.8) is 0 Å². The van der Waals surface area contributed by atoms with Gasteiger partial charge in [0.2, 0.25) is 5.13 Å². The van der Waals surface area contributed by atoms with Crippen molar-refractivity contribution in [3.05, 3.63) is 40.8 Å². The number of H-pyrrole nitrogens is 1. The number of aromatic amines is 1. The molecule has 0 aliphatic carbocycles. The van der Waals surface area contributed by atoms with Gasteiger partial charge >= 0.3 is 0 Å². The van der Waals surface area contributed by atoms with Crippen LogP contribution in [0.25, 0.3) is 0 Å². The van der Waals surface area contributed by atoms with Crippen LogP contribution >= 0.6 is 11.3 Å². The van der Waals surface area contributed by atoms with E-state index in [2.05, 4.69) is 35.4 Å². The third kappa shape index (κ3) is 3.88. The second-order valence-electron chi connectivity index (χ2n) is 6.49. The van der Waals surface area contributed by atoms with Crippen LogP contribution in [-0.2, 0) is 6.54 Å². The quantitative estimate of drug-likeness (QED) is 0.712. The molecule has 1 fully saturated rings. The van der Waals surface area contributed by atoms with E-state index in [4.69, 9.17) is 4.98 Å². The Bertz CT molecular complexity index is 860. The van der Waals surface area contributed by atoms with E-state index in [1.54, 1.807) is 6.20 Å². The van der Waals surface area contributed by atoms with Gasteiger partial charge in [-0.2, -0.15) is 0 Å². The molecule has 1 unspecified atom stereocenters.